The number of ether oxygens (including phenoxy) is 1. The fourth-order valence-corrected chi connectivity index (χ4v) is 1.77. The van der Waals surface area contributed by atoms with E-state index in [1.165, 1.54) is 24.3 Å². The van der Waals surface area contributed by atoms with Crippen molar-refractivity contribution in [2.45, 2.75) is 33.7 Å². The highest BCUT2D eigenvalue weighted by molar-refractivity contribution is 5.82. The van der Waals surface area contributed by atoms with Crippen molar-refractivity contribution in [3.05, 3.63) is 30.1 Å². The van der Waals surface area contributed by atoms with Crippen LogP contribution < -0.4 is 10.1 Å². The van der Waals surface area contributed by atoms with Crippen LogP contribution in [0.2, 0.25) is 0 Å². The van der Waals surface area contributed by atoms with Crippen molar-refractivity contribution in [2.24, 2.45) is 11.3 Å². The van der Waals surface area contributed by atoms with Crippen LogP contribution in [-0.4, -0.2) is 18.6 Å². The first-order valence-corrected chi connectivity index (χ1v) is 6.82. The number of hydrogen-bond acceptors (Lipinski definition) is 3. The molecule has 1 amide bonds. The van der Waals surface area contributed by atoms with Crippen LogP contribution in [-0.2, 0) is 4.79 Å². The Morgan fingerprint density at radius 2 is 1.95 bits per heavy atom. The quantitative estimate of drug-likeness (QED) is 0.907. The molecule has 0 aliphatic heterocycles. The first-order chi connectivity index (χ1) is 9.74. The van der Waals surface area contributed by atoms with Crippen molar-refractivity contribution < 1.29 is 13.9 Å². The van der Waals surface area contributed by atoms with E-state index in [0.717, 1.165) is 0 Å². The molecular formula is C16H21FN2O2. The molecule has 0 radical (unpaired) electrons. The normalized spacial score (nSPS) is 13.9. The van der Waals surface area contributed by atoms with Gasteiger partial charge in [-0.1, -0.05) is 20.8 Å². The summed E-state index contributed by atoms with van der Waals surface area (Å²) in [7, 11) is 0. The van der Waals surface area contributed by atoms with Crippen molar-refractivity contribution in [2.75, 3.05) is 6.61 Å². The Bertz CT molecular complexity index is 515. The average molecular weight is 292 g/mol. The summed E-state index contributed by atoms with van der Waals surface area (Å²) in [6, 6.07) is 7.45. The molecule has 21 heavy (non-hydrogen) atoms. The molecule has 0 spiro atoms. The Hall–Kier alpha value is -2.09. The van der Waals surface area contributed by atoms with E-state index in [4.69, 9.17) is 10.00 Å². The summed E-state index contributed by atoms with van der Waals surface area (Å²) in [5.74, 6) is -0.818. The second-order valence-corrected chi connectivity index (χ2v) is 6.10. The number of halogens is 1. The van der Waals surface area contributed by atoms with Gasteiger partial charge in [0.25, 0.3) is 0 Å². The number of nitrogens with zero attached hydrogens (tertiary/aromatic N) is 1. The van der Waals surface area contributed by atoms with Gasteiger partial charge in [0.15, 0.2) is 0 Å². The molecule has 0 aromatic heterocycles. The molecule has 0 saturated carbocycles. The topological polar surface area (TPSA) is 62.1 Å². The zero-order valence-electron chi connectivity index (χ0n) is 12.8. The third kappa shape index (κ3) is 5.42. The third-order valence-electron chi connectivity index (χ3n) is 2.96. The number of carbonyl (C=O) groups is 1. The number of benzene rings is 1. The molecule has 0 aliphatic carbocycles. The molecule has 4 nitrogen and oxygen atoms in total. The molecule has 1 N–H and O–H groups in total. The smallest absolute Gasteiger partial charge is 0.238 e. The maximum absolute atomic E-state index is 12.8. The number of nitrogens with one attached hydrogen (secondary N) is 1. The molecule has 1 rings (SSSR count). The number of hydrogen-bond donors (Lipinski definition) is 1. The zero-order chi connectivity index (χ0) is 16.0. The van der Waals surface area contributed by atoms with E-state index in [9.17, 15) is 9.18 Å². The second kappa shape index (κ2) is 7.07. The van der Waals surface area contributed by atoms with E-state index < -0.39 is 11.3 Å². The van der Waals surface area contributed by atoms with Crippen LogP contribution in [0.3, 0.4) is 0 Å². The summed E-state index contributed by atoms with van der Waals surface area (Å²) < 4.78 is 18.2. The Morgan fingerprint density at radius 1 is 1.38 bits per heavy atom. The fourth-order valence-electron chi connectivity index (χ4n) is 1.77. The number of amides is 1. The Kier molecular flexibility index (Phi) is 5.71. The van der Waals surface area contributed by atoms with Gasteiger partial charge in [-0.05, 0) is 36.6 Å². The second-order valence-electron chi connectivity index (χ2n) is 6.10. The predicted molar refractivity (Wildman–Crippen MR) is 78.1 cm³/mol. The molecule has 114 valence electrons. The summed E-state index contributed by atoms with van der Waals surface area (Å²) >= 11 is 0. The molecule has 2 atom stereocenters. The first kappa shape index (κ1) is 17.0. The van der Waals surface area contributed by atoms with Gasteiger partial charge >= 0.3 is 0 Å². The molecule has 0 fully saturated rings. The van der Waals surface area contributed by atoms with Gasteiger partial charge in [0.1, 0.15) is 24.1 Å². The van der Waals surface area contributed by atoms with Crippen molar-refractivity contribution in [1.82, 2.24) is 5.32 Å². The highest BCUT2D eigenvalue weighted by atomic mass is 19.1. The van der Waals surface area contributed by atoms with Crippen LogP contribution in [0.5, 0.6) is 5.75 Å². The minimum atomic E-state index is -0.717. The van der Waals surface area contributed by atoms with Crippen LogP contribution in [0.1, 0.15) is 27.7 Å². The minimum absolute atomic E-state index is 0.249. The van der Waals surface area contributed by atoms with Crippen LogP contribution >= 0.6 is 0 Å². The number of carbonyl (C=O) groups excluding carboxylic acids is 1. The molecule has 0 unspecified atom stereocenters. The van der Waals surface area contributed by atoms with Crippen LogP contribution in [0, 0.1) is 28.5 Å². The highest BCUT2D eigenvalue weighted by Gasteiger charge is 2.31. The van der Waals surface area contributed by atoms with Gasteiger partial charge in [0.2, 0.25) is 5.91 Å². The van der Waals surface area contributed by atoms with E-state index in [1.54, 1.807) is 6.92 Å². The predicted octanol–water partition coefficient (Wildman–Crippen LogP) is 2.90. The zero-order valence-corrected chi connectivity index (χ0v) is 12.8. The van der Waals surface area contributed by atoms with Crippen LogP contribution in [0.4, 0.5) is 4.39 Å². The van der Waals surface area contributed by atoms with Gasteiger partial charge in [0.05, 0.1) is 12.1 Å². The van der Waals surface area contributed by atoms with Gasteiger partial charge < -0.3 is 10.1 Å². The third-order valence-corrected chi connectivity index (χ3v) is 2.96. The van der Waals surface area contributed by atoms with Crippen molar-refractivity contribution >= 4 is 5.91 Å². The SMILES string of the molecule is C[C@H](COc1ccc(F)cc1)NC(=O)[C@H](C#N)C(C)(C)C. The van der Waals surface area contributed by atoms with Crippen molar-refractivity contribution in [3.63, 3.8) is 0 Å². The number of rotatable bonds is 5. The Balaban J connectivity index is 2.50. The first-order valence-electron chi connectivity index (χ1n) is 6.82. The van der Waals surface area contributed by atoms with E-state index in [-0.39, 0.29) is 24.4 Å². The maximum Gasteiger partial charge on any atom is 0.238 e. The monoisotopic (exact) mass is 292 g/mol. The summed E-state index contributed by atoms with van der Waals surface area (Å²) in [6.07, 6.45) is 0. The molecular weight excluding hydrogens is 271 g/mol. The van der Waals surface area contributed by atoms with Crippen LogP contribution in [0.25, 0.3) is 0 Å². The largest absolute Gasteiger partial charge is 0.491 e. The lowest BCUT2D eigenvalue weighted by Gasteiger charge is -2.25. The van der Waals surface area contributed by atoms with Gasteiger partial charge in [-0.2, -0.15) is 5.26 Å². The van der Waals surface area contributed by atoms with Gasteiger partial charge in [-0.15, -0.1) is 0 Å². The molecule has 1 aromatic rings. The average Bonchev–Trinajstić information content (AvgIpc) is 2.37. The Labute approximate surface area is 124 Å². The summed E-state index contributed by atoms with van der Waals surface area (Å²) in [6.45, 7) is 7.58. The summed E-state index contributed by atoms with van der Waals surface area (Å²) in [5, 5.41) is 11.9. The standard InChI is InChI=1S/C16H21FN2O2/c1-11(10-21-13-7-5-12(17)6-8-13)19-15(20)14(9-18)16(2,3)4/h5-8,11,14H,10H2,1-4H3,(H,19,20)/t11-,14+/m1/s1. The molecule has 5 heteroatoms. The molecule has 0 saturated heterocycles. The van der Waals surface area contributed by atoms with Gasteiger partial charge in [0, 0.05) is 0 Å². The number of nitriles is 1. The molecule has 0 bridgehead atoms. The fraction of sp³-hybridized carbons (Fsp3) is 0.500. The van der Waals surface area contributed by atoms with Crippen molar-refractivity contribution in [1.29, 1.82) is 5.26 Å². The van der Waals surface area contributed by atoms with Gasteiger partial charge in [-0.25, -0.2) is 4.39 Å². The molecule has 0 aliphatic rings. The van der Waals surface area contributed by atoms with Crippen LogP contribution in [0.15, 0.2) is 24.3 Å². The molecule has 0 heterocycles. The highest BCUT2D eigenvalue weighted by Crippen LogP contribution is 2.25. The van der Waals surface area contributed by atoms with E-state index in [2.05, 4.69) is 5.32 Å². The van der Waals surface area contributed by atoms with E-state index in [0.29, 0.717) is 5.75 Å². The van der Waals surface area contributed by atoms with E-state index in [1.807, 2.05) is 26.8 Å². The minimum Gasteiger partial charge on any atom is -0.491 e. The lowest BCUT2D eigenvalue weighted by Crippen LogP contribution is -2.43. The Morgan fingerprint density at radius 3 is 2.43 bits per heavy atom. The van der Waals surface area contributed by atoms with Crippen molar-refractivity contribution in [3.8, 4) is 11.8 Å². The van der Waals surface area contributed by atoms with E-state index >= 15 is 0 Å². The lowest BCUT2D eigenvalue weighted by molar-refractivity contribution is -0.126. The van der Waals surface area contributed by atoms with Gasteiger partial charge in [-0.3, -0.25) is 4.79 Å². The summed E-state index contributed by atoms with van der Waals surface area (Å²) in [4.78, 5) is 12.0. The lowest BCUT2D eigenvalue weighted by atomic mass is 9.81. The molecule has 1 aromatic carbocycles. The summed E-state index contributed by atoms with van der Waals surface area (Å²) in [5.41, 5.74) is -0.420. The maximum atomic E-state index is 12.8.